The lowest BCUT2D eigenvalue weighted by Crippen LogP contribution is -2.45. The lowest BCUT2D eigenvalue weighted by Gasteiger charge is -2.32. The normalized spacial score (nSPS) is 16.3. The number of hydrogen-bond acceptors (Lipinski definition) is 4. The number of aromatic amines is 1. The van der Waals surface area contributed by atoms with Crippen molar-refractivity contribution in [3.63, 3.8) is 0 Å². The van der Waals surface area contributed by atoms with Gasteiger partial charge in [0.05, 0.1) is 17.6 Å². The molecule has 2 amide bonds. The number of nitrogens with zero attached hydrogens (tertiary/aromatic N) is 1. The number of ether oxygens (including phenoxy) is 1. The minimum absolute atomic E-state index is 0.0399. The zero-order valence-corrected chi connectivity index (χ0v) is 18.7. The molecule has 0 radical (unpaired) electrons. The fraction of sp³-hybridized carbons (Fsp3) is 0.458. The summed E-state index contributed by atoms with van der Waals surface area (Å²) in [6, 6.07) is 9.75. The third-order valence-corrected chi connectivity index (χ3v) is 5.59. The number of carbonyl (C=O) groups is 3. The van der Waals surface area contributed by atoms with Crippen LogP contribution in [0.4, 0.5) is 0 Å². The van der Waals surface area contributed by atoms with E-state index in [2.05, 4.69) is 10.3 Å². The van der Waals surface area contributed by atoms with Crippen molar-refractivity contribution in [2.45, 2.75) is 53.2 Å². The van der Waals surface area contributed by atoms with Crippen molar-refractivity contribution in [1.82, 2.24) is 15.2 Å². The Morgan fingerprint density at radius 2 is 1.90 bits per heavy atom. The zero-order chi connectivity index (χ0) is 22.5. The topological polar surface area (TPSA) is 91.5 Å². The third kappa shape index (κ3) is 5.34. The molecule has 1 aromatic carbocycles. The van der Waals surface area contributed by atoms with E-state index in [9.17, 15) is 14.4 Å². The molecular formula is C24H31N3O4. The van der Waals surface area contributed by atoms with Crippen molar-refractivity contribution in [2.24, 2.45) is 5.92 Å². The maximum atomic E-state index is 13.2. The van der Waals surface area contributed by atoms with E-state index in [1.54, 1.807) is 32.6 Å². The summed E-state index contributed by atoms with van der Waals surface area (Å²) in [6.45, 7) is 8.52. The fourth-order valence-corrected chi connectivity index (χ4v) is 4.01. The van der Waals surface area contributed by atoms with Crippen molar-refractivity contribution < 1.29 is 19.1 Å². The van der Waals surface area contributed by atoms with Gasteiger partial charge >= 0.3 is 5.97 Å². The highest BCUT2D eigenvalue weighted by atomic mass is 16.5. The van der Waals surface area contributed by atoms with Crippen LogP contribution in [0.2, 0.25) is 0 Å². The molecular weight excluding hydrogens is 394 g/mol. The van der Waals surface area contributed by atoms with E-state index in [0.717, 1.165) is 18.4 Å². The molecule has 1 aliphatic rings. The summed E-state index contributed by atoms with van der Waals surface area (Å²) in [6.07, 6.45) is 1.27. The molecule has 0 bridgehead atoms. The number of likely N-dealkylation sites (tertiary alicyclic amines) is 1. The number of piperidine rings is 1. The number of aromatic nitrogens is 1. The molecule has 2 heterocycles. The summed E-state index contributed by atoms with van der Waals surface area (Å²) >= 11 is 0. The smallest absolute Gasteiger partial charge is 0.340 e. The molecule has 1 unspecified atom stereocenters. The van der Waals surface area contributed by atoms with Crippen molar-refractivity contribution in [3.8, 4) is 0 Å². The van der Waals surface area contributed by atoms with Gasteiger partial charge in [-0.15, -0.1) is 0 Å². The molecule has 2 N–H and O–H groups in total. The van der Waals surface area contributed by atoms with Crippen LogP contribution in [0.1, 0.15) is 64.4 Å². The minimum Gasteiger partial charge on any atom is -0.459 e. The van der Waals surface area contributed by atoms with Gasteiger partial charge in [-0.3, -0.25) is 9.59 Å². The monoisotopic (exact) mass is 425 g/mol. The largest absolute Gasteiger partial charge is 0.459 e. The number of amides is 2. The standard InChI is InChI=1S/C24H31N3O4/c1-15(2)31-24(30)20-16(3)21(26-17(20)4)23(29)27-12-8-11-19(14-27)22(28)25-13-18-9-6-5-7-10-18/h5-7,9-10,15,19,26H,8,11-14H2,1-4H3,(H,25,28). The Hall–Kier alpha value is -3.09. The van der Waals surface area contributed by atoms with E-state index >= 15 is 0 Å². The SMILES string of the molecule is Cc1[nH]c(C(=O)N2CCCC(C(=O)NCc3ccccc3)C2)c(C)c1C(=O)OC(C)C. The van der Waals surface area contributed by atoms with Crippen LogP contribution in [0.3, 0.4) is 0 Å². The Kier molecular flexibility index (Phi) is 7.15. The molecule has 1 fully saturated rings. The van der Waals surface area contributed by atoms with Gasteiger partial charge in [-0.2, -0.15) is 0 Å². The zero-order valence-electron chi connectivity index (χ0n) is 18.7. The molecule has 166 valence electrons. The molecule has 0 saturated carbocycles. The van der Waals surface area contributed by atoms with Crippen molar-refractivity contribution in [1.29, 1.82) is 0 Å². The number of aryl methyl sites for hydroxylation is 1. The molecule has 1 saturated heterocycles. The predicted octanol–water partition coefficient (Wildman–Crippen LogP) is 3.37. The molecule has 3 rings (SSSR count). The highest BCUT2D eigenvalue weighted by Crippen LogP contribution is 2.24. The van der Waals surface area contributed by atoms with E-state index in [-0.39, 0.29) is 23.8 Å². The number of H-pyrrole nitrogens is 1. The van der Waals surface area contributed by atoms with Gasteiger partial charge < -0.3 is 19.9 Å². The Bertz CT molecular complexity index is 949. The first-order valence-electron chi connectivity index (χ1n) is 10.8. The fourth-order valence-electron chi connectivity index (χ4n) is 4.01. The molecule has 31 heavy (non-hydrogen) atoms. The first-order chi connectivity index (χ1) is 14.8. The van der Waals surface area contributed by atoms with Gasteiger partial charge in [0.2, 0.25) is 5.91 Å². The average Bonchev–Trinajstić information content (AvgIpc) is 3.05. The third-order valence-electron chi connectivity index (χ3n) is 5.59. The summed E-state index contributed by atoms with van der Waals surface area (Å²) < 4.78 is 5.31. The second-order valence-electron chi connectivity index (χ2n) is 8.37. The Morgan fingerprint density at radius 3 is 2.58 bits per heavy atom. The molecule has 7 nitrogen and oxygen atoms in total. The number of carbonyl (C=O) groups excluding carboxylic acids is 3. The van der Waals surface area contributed by atoms with Gasteiger partial charge in [0.1, 0.15) is 5.69 Å². The highest BCUT2D eigenvalue weighted by molar-refractivity contribution is 6.00. The number of esters is 1. The van der Waals surface area contributed by atoms with E-state index in [1.165, 1.54) is 0 Å². The van der Waals surface area contributed by atoms with Gasteiger partial charge in [-0.25, -0.2) is 4.79 Å². The Morgan fingerprint density at radius 1 is 1.19 bits per heavy atom. The summed E-state index contributed by atoms with van der Waals surface area (Å²) in [5.74, 6) is -0.910. The van der Waals surface area contributed by atoms with E-state index in [1.807, 2.05) is 30.3 Å². The van der Waals surface area contributed by atoms with Crippen LogP contribution < -0.4 is 5.32 Å². The average molecular weight is 426 g/mol. The number of benzene rings is 1. The van der Waals surface area contributed by atoms with Gasteiger partial charge in [-0.1, -0.05) is 30.3 Å². The predicted molar refractivity (Wildman–Crippen MR) is 118 cm³/mol. The van der Waals surface area contributed by atoms with Gasteiger partial charge in [-0.05, 0) is 51.7 Å². The van der Waals surface area contributed by atoms with Crippen LogP contribution in [0, 0.1) is 19.8 Å². The quantitative estimate of drug-likeness (QED) is 0.694. The van der Waals surface area contributed by atoms with Crippen molar-refractivity contribution in [2.75, 3.05) is 13.1 Å². The van der Waals surface area contributed by atoms with Crippen molar-refractivity contribution in [3.05, 3.63) is 58.4 Å². The maximum absolute atomic E-state index is 13.2. The van der Waals surface area contributed by atoms with Crippen molar-refractivity contribution >= 4 is 17.8 Å². The first-order valence-corrected chi connectivity index (χ1v) is 10.8. The number of rotatable bonds is 6. The molecule has 1 atom stereocenters. The molecule has 7 heteroatoms. The Balaban J connectivity index is 1.67. The van der Waals surface area contributed by atoms with Crippen LogP contribution in [-0.4, -0.2) is 46.9 Å². The molecule has 0 aliphatic carbocycles. The number of hydrogen-bond donors (Lipinski definition) is 2. The summed E-state index contributed by atoms with van der Waals surface area (Å²) in [7, 11) is 0. The van der Waals surface area contributed by atoms with Crippen LogP contribution >= 0.6 is 0 Å². The summed E-state index contributed by atoms with van der Waals surface area (Å²) in [4.78, 5) is 43.0. The van der Waals surface area contributed by atoms with Gasteiger partial charge in [0.25, 0.3) is 5.91 Å². The molecule has 2 aromatic rings. The van der Waals surface area contributed by atoms with E-state index in [0.29, 0.717) is 42.1 Å². The van der Waals surface area contributed by atoms with E-state index < -0.39 is 5.97 Å². The summed E-state index contributed by atoms with van der Waals surface area (Å²) in [5.41, 5.74) is 3.03. The molecule has 1 aliphatic heterocycles. The van der Waals surface area contributed by atoms with Crippen LogP contribution in [0.15, 0.2) is 30.3 Å². The lowest BCUT2D eigenvalue weighted by molar-refractivity contribution is -0.126. The first kappa shape index (κ1) is 22.6. The minimum atomic E-state index is -0.433. The van der Waals surface area contributed by atoms with E-state index in [4.69, 9.17) is 4.74 Å². The van der Waals surface area contributed by atoms with Gasteiger partial charge in [0, 0.05) is 25.3 Å². The Labute approximate surface area is 183 Å². The highest BCUT2D eigenvalue weighted by Gasteiger charge is 2.31. The van der Waals surface area contributed by atoms with Crippen LogP contribution in [-0.2, 0) is 16.1 Å². The molecule has 1 aromatic heterocycles. The molecule has 0 spiro atoms. The van der Waals surface area contributed by atoms with Crippen LogP contribution in [0.25, 0.3) is 0 Å². The number of nitrogens with one attached hydrogen (secondary N) is 2. The maximum Gasteiger partial charge on any atom is 0.340 e. The second kappa shape index (κ2) is 9.81. The van der Waals surface area contributed by atoms with Gasteiger partial charge in [0.15, 0.2) is 0 Å². The second-order valence-corrected chi connectivity index (χ2v) is 8.37. The summed E-state index contributed by atoms with van der Waals surface area (Å²) in [5, 5.41) is 2.98. The van der Waals surface area contributed by atoms with Crippen LogP contribution in [0.5, 0.6) is 0 Å². The lowest BCUT2D eigenvalue weighted by atomic mass is 9.96.